The lowest BCUT2D eigenvalue weighted by Gasteiger charge is -2.15. The Balaban J connectivity index is 2.56. The van der Waals surface area contributed by atoms with Crippen LogP contribution in [0, 0.1) is 11.6 Å². The summed E-state index contributed by atoms with van der Waals surface area (Å²) in [5.41, 5.74) is -0.277. The van der Waals surface area contributed by atoms with Gasteiger partial charge in [0.25, 0.3) is 0 Å². The maximum Gasteiger partial charge on any atom is 0.146 e. The largest absolute Gasteiger partial charge is 0.383 e. The lowest BCUT2D eigenvalue weighted by Crippen LogP contribution is -2.07. The Hall–Kier alpha value is -0.680. The van der Waals surface area contributed by atoms with E-state index in [1.54, 1.807) is 0 Å². The maximum atomic E-state index is 13.9. The van der Waals surface area contributed by atoms with E-state index in [0.29, 0.717) is 5.02 Å². The summed E-state index contributed by atoms with van der Waals surface area (Å²) in [6.07, 6.45) is -1.51. The molecule has 0 saturated carbocycles. The molecule has 0 fully saturated rings. The van der Waals surface area contributed by atoms with E-state index in [1.807, 2.05) is 0 Å². The highest BCUT2D eigenvalue weighted by Gasteiger charge is 2.23. The summed E-state index contributed by atoms with van der Waals surface area (Å²) in [6, 6.07) is 6.60. The Morgan fingerprint density at radius 3 is 2.42 bits per heavy atom. The van der Waals surface area contributed by atoms with Crippen molar-refractivity contribution in [1.29, 1.82) is 0 Å². The molecule has 19 heavy (non-hydrogen) atoms. The van der Waals surface area contributed by atoms with E-state index in [2.05, 4.69) is 15.9 Å². The summed E-state index contributed by atoms with van der Waals surface area (Å²) in [4.78, 5) is 0. The van der Waals surface area contributed by atoms with Crippen LogP contribution in [0.15, 0.2) is 34.8 Å². The molecule has 2 aromatic rings. The Kier molecular flexibility index (Phi) is 4.46. The molecule has 0 spiro atoms. The first kappa shape index (κ1) is 14.7. The van der Waals surface area contributed by atoms with Crippen LogP contribution >= 0.6 is 39.1 Å². The van der Waals surface area contributed by atoms with Crippen molar-refractivity contribution in [3.8, 4) is 0 Å². The number of hydrogen-bond donors (Lipinski definition) is 1. The molecule has 0 aliphatic rings. The molecular weight excluding hydrogens is 361 g/mol. The zero-order valence-corrected chi connectivity index (χ0v) is 12.4. The van der Waals surface area contributed by atoms with Gasteiger partial charge in [0.1, 0.15) is 17.7 Å². The van der Waals surface area contributed by atoms with Crippen molar-refractivity contribution in [2.24, 2.45) is 0 Å². The summed E-state index contributed by atoms with van der Waals surface area (Å²) < 4.78 is 27.6. The van der Waals surface area contributed by atoms with Crippen LogP contribution in [0.5, 0.6) is 0 Å². The van der Waals surface area contributed by atoms with Crippen LogP contribution in [0.25, 0.3) is 0 Å². The standard InChI is InChI=1S/C13H7BrCl2F2O/c14-8-3-4-10(17)11(12(8)18)13(19)7-2-1-6(15)5-9(7)16/h1-5,13,19H. The molecule has 2 aromatic carbocycles. The molecule has 0 radical (unpaired) electrons. The monoisotopic (exact) mass is 366 g/mol. The third kappa shape index (κ3) is 2.92. The van der Waals surface area contributed by atoms with Crippen molar-refractivity contribution in [3.05, 3.63) is 67.6 Å². The van der Waals surface area contributed by atoms with Crippen molar-refractivity contribution in [2.45, 2.75) is 6.10 Å². The number of benzene rings is 2. The van der Waals surface area contributed by atoms with Crippen LogP contribution in [0.4, 0.5) is 8.78 Å². The fourth-order valence-electron chi connectivity index (χ4n) is 1.67. The van der Waals surface area contributed by atoms with Crippen molar-refractivity contribution in [3.63, 3.8) is 0 Å². The van der Waals surface area contributed by atoms with Crippen LogP contribution in [0.3, 0.4) is 0 Å². The highest BCUT2D eigenvalue weighted by Crippen LogP contribution is 2.34. The topological polar surface area (TPSA) is 20.2 Å². The van der Waals surface area contributed by atoms with Crippen LogP contribution < -0.4 is 0 Å². The predicted octanol–water partition coefficient (Wildman–Crippen LogP) is 5.12. The van der Waals surface area contributed by atoms with Crippen molar-refractivity contribution >= 4 is 39.1 Å². The van der Waals surface area contributed by atoms with Crippen LogP contribution in [-0.4, -0.2) is 5.11 Å². The van der Waals surface area contributed by atoms with Crippen molar-refractivity contribution < 1.29 is 13.9 Å². The molecule has 1 N–H and O–H groups in total. The summed E-state index contributed by atoms with van der Waals surface area (Å²) in [5.74, 6) is -1.71. The molecule has 0 bridgehead atoms. The fraction of sp³-hybridized carbons (Fsp3) is 0.0769. The van der Waals surface area contributed by atoms with Gasteiger partial charge in [-0.15, -0.1) is 0 Å². The van der Waals surface area contributed by atoms with Gasteiger partial charge in [0.15, 0.2) is 0 Å². The van der Waals surface area contributed by atoms with E-state index in [0.717, 1.165) is 6.07 Å². The van der Waals surface area contributed by atoms with E-state index in [1.165, 1.54) is 24.3 Å². The second-order valence-electron chi connectivity index (χ2n) is 3.83. The molecule has 0 saturated heterocycles. The lowest BCUT2D eigenvalue weighted by molar-refractivity contribution is 0.209. The van der Waals surface area contributed by atoms with Crippen LogP contribution in [0.1, 0.15) is 17.2 Å². The average Bonchev–Trinajstić information content (AvgIpc) is 2.34. The first-order chi connectivity index (χ1) is 8.91. The Labute approximate surface area is 126 Å². The van der Waals surface area contributed by atoms with Gasteiger partial charge in [0.05, 0.1) is 10.0 Å². The average molecular weight is 368 g/mol. The van der Waals surface area contributed by atoms with Crippen molar-refractivity contribution in [2.75, 3.05) is 0 Å². The Morgan fingerprint density at radius 2 is 1.79 bits per heavy atom. The molecule has 1 unspecified atom stereocenters. The zero-order chi connectivity index (χ0) is 14.2. The molecule has 0 heterocycles. The molecule has 0 amide bonds. The number of aliphatic hydroxyl groups is 1. The van der Waals surface area contributed by atoms with E-state index >= 15 is 0 Å². The molecule has 1 atom stereocenters. The fourth-order valence-corrected chi connectivity index (χ4v) is 2.53. The minimum absolute atomic E-state index is 0.0630. The van der Waals surface area contributed by atoms with Gasteiger partial charge < -0.3 is 5.11 Å². The molecule has 6 heteroatoms. The number of hydrogen-bond acceptors (Lipinski definition) is 1. The third-order valence-electron chi connectivity index (χ3n) is 2.61. The molecule has 2 rings (SSSR count). The number of rotatable bonds is 2. The second kappa shape index (κ2) is 5.75. The summed E-state index contributed by atoms with van der Waals surface area (Å²) in [5, 5.41) is 10.6. The molecular formula is C13H7BrCl2F2O. The quantitative estimate of drug-likeness (QED) is 0.730. The Morgan fingerprint density at radius 1 is 1.11 bits per heavy atom. The third-order valence-corrected chi connectivity index (χ3v) is 3.78. The predicted molar refractivity (Wildman–Crippen MR) is 74.6 cm³/mol. The number of aliphatic hydroxyl groups excluding tert-OH is 1. The molecule has 1 nitrogen and oxygen atoms in total. The highest BCUT2D eigenvalue weighted by atomic mass is 79.9. The van der Waals surface area contributed by atoms with Crippen LogP contribution in [0.2, 0.25) is 10.0 Å². The van der Waals surface area contributed by atoms with E-state index in [9.17, 15) is 13.9 Å². The summed E-state index contributed by atoms with van der Waals surface area (Å²) in [6.45, 7) is 0. The lowest BCUT2D eigenvalue weighted by atomic mass is 10.0. The highest BCUT2D eigenvalue weighted by molar-refractivity contribution is 9.10. The smallest absolute Gasteiger partial charge is 0.146 e. The van der Waals surface area contributed by atoms with Gasteiger partial charge in [-0.2, -0.15) is 0 Å². The second-order valence-corrected chi connectivity index (χ2v) is 5.52. The minimum atomic E-state index is -1.51. The first-order valence-corrected chi connectivity index (χ1v) is 6.73. The van der Waals surface area contributed by atoms with Crippen molar-refractivity contribution in [1.82, 2.24) is 0 Å². The number of halogens is 5. The molecule has 0 aromatic heterocycles. The molecule has 0 aliphatic heterocycles. The normalized spacial score (nSPS) is 12.5. The van der Waals surface area contributed by atoms with Gasteiger partial charge in [-0.25, -0.2) is 8.78 Å². The summed E-state index contributed by atoms with van der Waals surface area (Å²) in [7, 11) is 0. The molecule has 0 aliphatic carbocycles. The van der Waals surface area contributed by atoms with E-state index < -0.39 is 23.3 Å². The van der Waals surface area contributed by atoms with Gasteiger partial charge in [-0.3, -0.25) is 0 Å². The van der Waals surface area contributed by atoms with Gasteiger partial charge in [-0.1, -0.05) is 29.3 Å². The maximum absolute atomic E-state index is 13.9. The van der Waals surface area contributed by atoms with Crippen LogP contribution in [-0.2, 0) is 0 Å². The van der Waals surface area contributed by atoms with E-state index in [4.69, 9.17) is 23.2 Å². The van der Waals surface area contributed by atoms with Gasteiger partial charge in [0, 0.05) is 15.6 Å². The van der Waals surface area contributed by atoms with Gasteiger partial charge >= 0.3 is 0 Å². The molecule has 100 valence electrons. The van der Waals surface area contributed by atoms with Gasteiger partial charge in [-0.05, 0) is 40.2 Å². The van der Waals surface area contributed by atoms with Gasteiger partial charge in [0.2, 0.25) is 0 Å². The SMILES string of the molecule is OC(c1ccc(Cl)cc1Cl)c1c(F)ccc(Br)c1F. The van der Waals surface area contributed by atoms with E-state index in [-0.39, 0.29) is 15.1 Å². The summed E-state index contributed by atoms with van der Waals surface area (Å²) >= 11 is 14.6. The minimum Gasteiger partial charge on any atom is -0.383 e. The Bertz CT molecular complexity index is 634. The zero-order valence-electron chi connectivity index (χ0n) is 9.30. The first-order valence-electron chi connectivity index (χ1n) is 5.18.